The lowest BCUT2D eigenvalue weighted by atomic mass is 10.1. The molecule has 0 bridgehead atoms. The standard InChI is InChI=1S/C15H9NS/c1-3-7-12(8-4-1)14-15(17-11-16-14)13-9-5-2-6-10-13/h3-11H. The van der Waals surface area contributed by atoms with Crippen LogP contribution in [0.25, 0.3) is 21.7 Å². The van der Waals surface area contributed by atoms with E-state index in [9.17, 15) is 0 Å². The van der Waals surface area contributed by atoms with E-state index >= 15 is 0 Å². The third kappa shape index (κ3) is 1.99. The van der Waals surface area contributed by atoms with Crippen molar-refractivity contribution < 1.29 is 0 Å². The zero-order valence-electron chi connectivity index (χ0n) is 9.05. The molecule has 0 amide bonds. The topological polar surface area (TPSA) is 12.9 Å². The van der Waals surface area contributed by atoms with Crippen molar-refractivity contribution in [2.45, 2.75) is 0 Å². The minimum atomic E-state index is 1.04. The van der Waals surface area contributed by atoms with Crippen LogP contribution in [0.5, 0.6) is 0 Å². The van der Waals surface area contributed by atoms with Gasteiger partial charge in [-0.15, -0.1) is 11.3 Å². The van der Waals surface area contributed by atoms with Gasteiger partial charge in [0.15, 0.2) is 0 Å². The fraction of sp³-hybridized carbons (Fsp3) is 0. The Morgan fingerprint density at radius 1 is 0.824 bits per heavy atom. The van der Waals surface area contributed by atoms with Gasteiger partial charge in [0.1, 0.15) is 0 Å². The molecule has 2 heteroatoms. The predicted molar refractivity (Wildman–Crippen MR) is 70.7 cm³/mol. The quantitative estimate of drug-likeness (QED) is 0.652. The molecule has 0 saturated heterocycles. The second kappa shape index (κ2) is 4.52. The second-order valence-electron chi connectivity index (χ2n) is 3.61. The molecule has 1 heterocycles. The lowest BCUT2D eigenvalue weighted by molar-refractivity contribution is 1.41. The summed E-state index contributed by atoms with van der Waals surface area (Å²) in [6.07, 6.45) is 0. The van der Waals surface area contributed by atoms with Crippen molar-refractivity contribution in [1.29, 1.82) is 0 Å². The van der Waals surface area contributed by atoms with Crippen LogP contribution < -0.4 is 0 Å². The summed E-state index contributed by atoms with van der Waals surface area (Å²) in [5.74, 6) is 0. The van der Waals surface area contributed by atoms with Crippen LogP contribution in [0, 0.1) is 12.1 Å². The molecule has 1 nitrogen and oxygen atoms in total. The molecule has 2 radical (unpaired) electrons. The van der Waals surface area contributed by atoms with Crippen molar-refractivity contribution >= 4 is 11.3 Å². The number of benzene rings is 2. The van der Waals surface area contributed by atoms with Crippen molar-refractivity contribution in [1.82, 2.24) is 4.98 Å². The highest BCUT2D eigenvalue weighted by Gasteiger charge is 2.09. The minimum absolute atomic E-state index is 1.04. The lowest BCUT2D eigenvalue weighted by Crippen LogP contribution is -1.80. The van der Waals surface area contributed by atoms with Crippen LogP contribution in [0.1, 0.15) is 0 Å². The van der Waals surface area contributed by atoms with E-state index in [1.54, 1.807) is 11.3 Å². The van der Waals surface area contributed by atoms with Gasteiger partial charge in [0, 0.05) is 5.56 Å². The predicted octanol–water partition coefficient (Wildman–Crippen LogP) is 4.08. The van der Waals surface area contributed by atoms with Gasteiger partial charge in [-0.1, -0.05) is 48.5 Å². The van der Waals surface area contributed by atoms with E-state index in [2.05, 4.69) is 29.2 Å². The van der Waals surface area contributed by atoms with E-state index in [0.29, 0.717) is 0 Å². The van der Waals surface area contributed by atoms with E-state index in [4.69, 9.17) is 0 Å². The molecule has 17 heavy (non-hydrogen) atoms. The third-order valence-corrected chi connectivity index (χ3v) is 3.42. The first-order valence-electron chi connectivity index (χ1n) is 5.31. The van der Waals surface area contributed by atoms with Crippen LogP contribution in [0.4, 0.5) is 0 Å². The Morgan fingerprint density at radius 2 is 1.41 bits per heavy atom. The molecule has 3 aromatic rings. The van der Waals surface area contributed by atoms with E-state index in [0.717, 1.165) is 11.3 Å². The molecular formula is C15H9NS. The Hall–Kier alpha value is -1.93. The maximum atomic E-state index is 4.46. The SMILES string of the molecule is [c]1ccc(-c2ncsc2-c2cc[c]cc2)cc1. The number of hydrogen-bond donors (Lipinski definition) is 0. The molecule has 1 aromatic heterocycles. The van der Waals surface area contributed by atoms with Gasteiger partial charge in [-0.05, 0) is 17.7 Å². The van der Waals surface area contributed by atoms with E-state index in [-0.39, 0.29) is 0 Å². The Morgan fingerprint density at radius 3 is 2.06 bits per heavy atom. The first-order valence-corrected chi connectivity index (χ1v) is 6.19. The molecule has 0 spiro atoms. The van der Waals surface area contributed by atoms with Crippen molar-refractivity contribution in [2.24, 2.45) is 0 Å². The van der Waals surface area contributed by atoms with Gasteiger partial charge in [-0.25, -0.2) is 4.98 Å². The highest BCUT2D eigenvalue weighted by molar-refractivity contribution is 7.13. The smallest absolute Gasteiger partial charge is 0.0890 e. The number of hydrogen-bond acceptors (Lipinski definition) is 2. The van der Waals surface area contributed by atoms with Crippen LogP contribution in [-0.2, 0) is 0 Å². The summed E-state index contributed by atoms with van der Waals surface area (Å²) in [4.78, 5) is 5.66. The molecule has 0 aliphatic rings. The molecular weight excluding hydrogens is 226 g/mol. The highest BCUT2D eigenvalue weighted by atomic mass is 32.1. The molecule has 80 valence electrons. The highest BCUT2D eigenvalue weighted by Crippen LogP contribution is 2.33. The van der Waals surface area contributed by atoms with Crippen molar-refractivity contribution in [3.63, 3.8) is 0 Å². The summed E-state index contributed by atoms with van der Waals surface area (Å²) in [7, 11) is 0. The second-order valence-corrected chi connectivity index (χ2v) is 4.46. The molecule has 0 fully saturated rings. The van der Waals surface area contributed by atoms with Crippen LogP contribution in [0.2, 0.25) is 0 Å². The van der Waals surface area contributed by atoms with E-state index in [1.807, 2.05) is 41.9 Å². The summed E-state index contributed by atoms with van der Waals surface area (Å²) in [5, 5.41) is 0. The zero-order chi connectivity index (χ0) is 11.5. The van der Waals surface area contributed by atoms with Gasteiger partial charge in [0.2, 0.25) is 0 Å². The normalized spacial score (nSPS) is 10.4. The molecule has 0 aliphatic carbocycles. The van der Waals surface area contributed by atoms with Crippen LogP contribution in [-0.4, -0.2) is 4.98 Å². The molecule has 0 N–H and O–H groups in total. The summed E-state index contributed by atoms with van der Waals surface area (Å²) >= 11 is 1.66. The van der Waals surface area contributed by atoms with Crippen LogP contribution >= 0.6 is 11.3 Å². The van der Waals surface area contributed by atoms with Gasteiger partial charge >= 0.3 is 0 Å². The maximum absolute atomic E-state index is 4.46. The minimum Gasteiger partial charge on any atom is -0.244 e. The van der Waals surface area contributed by atoms with E-state index in [1.165, 1.54) is 10.4 Å². The van der Waals surface area contributed by atoms with Gasteiger partial charge in [-0.3, -0.25) is 0 Å². The summed E-state index contributed by atoms with van der Waals surface area (Å²) in [5.41, 5.74) is 5.25. The van der Waals surface area contributed by atoms with Gasteiger partial charge in [0.25, 0.3) is 0 Å². The Kier molecular flexibility index (Phi) is 2.72. The molecule has 0 aliphatic heterocycles. The average Bonchev–Trinajstić information content (AvgIpc) is 2.90. The molecule has 0 unspecified atom stereocenters. The Bertz CT molecular complexity index is 545. The zero-order valence-corrected chi connectivity index (χ0v) is 9.87. The van der Waals surface area contributed by atoms with Crippen molar-refractivity contribution in [3.8, 4) is 21.7 Å². The average molecular weight is 235 g/mol. The van der Waals surface area contributed by atoms with Crippen LogP contribution in [0.15, 0.2) is 54.0 Å². The van der Waals surface area contributed by atoms with Gasteiger partial charge < -0.3 is 0 Å². The van der Waals surface area contributed by atoms with Gasteiger partial charge in [0.05, 0.1) is 16.1 Å². The number of nitrogens with zero attached hydrogens (tertiary/aromatic N) is 1. The summed E-state index contributed by atoms with van der Waals surface area (Å²) in [6.45, 7) is 0. The number of rotatable bonds is 2. The molecule has 2 aromatic carbocycles. The summed E-state index contributed by atoms with van der Waals surface area (Å²) < 4.78 is 0. The Labute approximate surface area is 104 Å². The Balaban J connectivity index is 2.13. The first-order chi connectivity index (χ1) is 8.45. The first kappa shape index (κ1) is 10.2. The van der Waals surface area contributed by atoms with Crippen molar-refractivity contribution in [2.75, 3.05) is 0 Å². The fourth-order valence-corrected chi connectivity index (χ4v) is 2.56. The maximum Gasteiger partial charge on any atom is 0.0890 e. The largest absolute Gasteiger partial charge is 0.244 e. The fourth-order valence-electron chi connectivity index (χ4n) is 1.74. The van der Waals surface area contributed by atoms with Crippen LogP contribution in [0.3, 0.4) is 0 Å². The summed E-state index contributed by atoms with van der Waals surface area (Å²) in [6, 6.07) is 21.9. The number of thiazole rings is 1. The third-order valence-electron chi connectivity index (χ3n) is 2.54. The van der Waals surface area contributed by atoms with Crippen molar-refractivity contribution in [3.05, 3.63) is 66.2 Å². The molecule has 0 saturated carbocycles. The molecule has 3 rings (SSSR count). The van der Waals surface area contributed by atoms with E-state index < -0.39 is 0 Å². The van der Waals surface area contributed by atoms with Gasteiger partial charge in [-0.2, -0.15) is 0 Å². The molecule has 0 atom stereocenters. The lowest BCUT2D eigenvalue weighted by Gasteiger charge is -2.02. The monoisotopic (exact) mass is 235 g/mol. The number of aromatic nitrogens is 1.